The summed E-state index contributed by atoms with van der Waals surface area (Å²) in [5.41, 5.74) is 6.34. The zero-order valence-corrected chi connectivity index (χ0v) is 44.8. The highest BCUT2D eigenvalue weighted by Gasteiger charge is 2.23. The van der Waals surface area contributed by atoms with Crippen LogP contribution in [0.4, 0.5) is 0 Å². The summed E-state index contributed by atoms with van der Waals surface area (Å²) in [5, 5.41) is 4.10. The minimum atomic E-state index is -0.540. The van der Waals surface area contributed by atoms with Crippen LogP contribution in [0.3, 0.4) is 0 Å². The van der Waals surface area contributed by atoms with E-state index in [1.165, 1.54) is 14.2 Å². The molecule has 14 nitrogen and oxygen atoms in total. The van der Waals surface area contributed by atoms with Crippen molar-refractivity contribution in [1.29, 1.82) is 0 Å². The molecule has 0 atom stereocenters. The summed E-state index contributed by atoms with van der Waals surface area (Å²) in [4.78, 5) is 48.7. The van der Waals surface area contributed by atoms with E-state index in [1.807, 2.05) is 60.7 Å². The molecule has 0 saturated carbocycles. The van der Waals surface area contributed by atoms with Crippen LogP contribution in [0.15, 0.2) is 171 Å². The number of hydrogen-bond donors (Lipinski definition) is 0. The number of methoxy groups -OCH3 is 2. The van der Waals surface area contributed by atoms with Crippen molar-refractivity contribution >= 4 is 69.7 Å². The summed E-state index contributed by atoms with van der Waals surface area (Å²) in [6.07, 6.45) is 12.9. The van der Waals surface area contributed by atoms with E-state index >= 15 is 0 Å². The highest BCUT2D eigenvalue weighted by Crippen LogP contribution is 2.47. The molecule has 1 heterocycles. The topological polar surface area (TPSA) is 161 Å². The Morgan fingerprint density at radius 3 is 1.25 bits per heavy atom. The third kappa shape index (κ3) is 14.4. The fourth-order valence-electron chi connectivity index (χ4n) is 8.85. The maximum atomic E-state index is 13.1. The standard InChI is InChI=1S/C67H58O14/c1-5-62(68)76-37-9-7-35-74-56-31-23-50(41-60(56)72-3)66(70)80-52-25-15-44(16-26-52)11-13-46-19-29-54-48(39-46)21-33-58-64(54)65-55-30-20-47(40-49(55)22-34-59(65)79-43-78-58)14-12-45-17-27-53(28-18-45)81-67(71)51-24-32-57(61(42-51)73-4)75-36-8-10-38-77-63(69)6-2/h5-6,11-34,39-42H,1-2,7-10,35-38,43H2,3-4H3/b13-11-,14-12-. The summed E-state index contributed by atoms with van der Waals surface area (Å²) >= 11 is 0. The maximum absolute atomic E-state index is 13.1. The van der Waals surface area contributed by atoms with Crippen molar-refractivity contribution in [3.63, 3.8) is 0 Å². The summed E-state index contributed by atoms with van der Waals surface area (Å²) in [5.74, 6) is 2.00. The molecule has 0 amide bonds. The van der Waals surface area contributed by atoms with Crippen LogP contribution in [0, 0.1) is 0 Å². The van der Waals surface area contributed by atoms with Gasteiger partial charge in [-0.25, -0.2) is 19.2 Å². The van der Waals surface area contributed by atoms with Gasteiger partial charge in [-0.1, -0.05) is 98.1 Å². The average molecular weight is 1090 g/mol. The van der Waals surface area contributed by atoms with Gasteiger partial charge in [0.2, 0.25) is 6.79 Å². The number of unbranched alkanes of at least 4 members (excludes halogenated alkanes) is 2. The summed E-state index contributed by atoms with van der Waals surface area (Å²) in [7, 11) is 3.00. The molecule has 0 aliphatic carbocycles. The van der Waals surface area contributed by atoms with E-state index in [4.69, 9.17) is 47.4 Å². The molecular formula is C67H58O14. The van der Waals surface area contributed by atoms with Gasteiger partial charge in [-0.05, 0) is 154 Å². The van der Waals surface area contributed by atoms with Crippen LogP contribution in [0.5, 0.6) is 46.0 Å². The summed E-state index contributed by atoms with van der Waals surface area (Å²) < 4.78 is 56.3. The molecule has 410 valence electrons. The van der Waals surface area contributed by atoms with Crippen LogP contribution in [-0.2, 0) is 19.1 Å². The van der Waals surface area contributed by atoms with Gasteiger partial charge < -0.3 is 47.4 Å². The lowest BCUT2D eigenvalue weighted by Gasteiger charge is -2.14. The Kier molecular flexibility index (Phi) is 18.6. The minimum Gasteiger partial charge on any atom is -0.493 e. The van der Waals surface area contributed by atoms with E-state index in [2.05, 4.69) is 61.7 Å². The van der Waals surface area contributed by atoms with Crippen LogP contribution in [0.1, 0.15) is 68.7 Å². The van der Waals surface area contributed by atoms with E-state index in [0.717, 1.165) is 78.6 Å². The quantitative estimate of drug-likeness (QED) is 0.0185. The van der Waals surface area contributed by atoms with Crippen molar-refractivity contribution < 1.29 is 66.5 Å². The zero-order chi connectivity index (χ0) is 56.5. The Morgan fingerprint density at radius 1 is 0.444 bits per heavy atom. The maximum Gasteiger partial charge on any atom is 0.343 e. The lowest BCUT2D eigenvalue weighted by atomic mass is 9.91. The van der Waals surface area contributed by atoms with E-state index in [1.54, 1.807) is 60.7 Å². The van der Waals surface area contributed by atoms with E-state index in [9.17, 15) is 19.2 Å². The second-order valence-electron chi connectivity index (χ2n) is 18.4. The molecule has 14 heteroatoms. The molecule has 0 N–H and O–H groups in total. The van der Waals surface area contributed by atoms with Crippen LogP contribution in [-0.4, -0.2) is 71.3 Å². The highest BCUT2D eigenvalue weighted by molar-refractivity contribution is 6.10. The molecule has 0 spiro atoms. The zero-order valence-electron chi connectivity index (χ0n) is 44.8. The Bertz CT molecular complexity index is 3430. The van der Waals surface area contributed by atoms with Gasteiger partial charge in [-0.3, -0.25) is 0 Å². The number of carbonyl (C=O) groups is 4. The van der Waals surface area contributed by atoms with Gasteiger partial charge in [-0.2, -0.15) is 0 Å². The van der Waals surface area contributed by atoms with E-state index < -0.39 is 23.9 Å². The fourth-order valence-corrected chi connectivity index (χ4v) is 8.85. The lowest BCUT2D eigenvalue weighted by Crippen LogP contribution is -2.09. The number of hydrogen-bond acceptors (Lipinski definition) is 14. The smallest absolute Gasteiger partial charge is 0.343 e. The Hall–Kier alpha value is -10.1. The van der Waals surface area contributed by atoms with Gasteiger partial charge in [0.1, 0.15) is 23.0 Å². The fraction of sp³-hybridized carbons (Fsp3) is 0.164. The first-order chi connectivity index (χ1) is 39.6. The first-order valence-electron chi connectivity index (χ1n) is 26.2. The molecule has 1 aliphatic rings. The number of carbonyl (C=O) groups excluding carboxylic acids is 4. The predicted octanol–water partition coefficient (Wildman–Crippen LogP) is 14.0. The van der Waals surface area contributed by atoms with E-state index in [0.29, 0.717) is 84.5 Å². The van der Waals surface area contributed by atoms with Gasteiger partial charge >= 0.3 is 23.9 Å². The third-order valence-corrected chi connectivity index (χ3v) is 13.0. The van der Waals surface area contributed by atoms with Crippen molar-refractivity contribution in [3.05, 3.63) is 204 Å². The van der Waals surface area contributed by atoms with Crippen LogP contribution < -0.4 is 37.9 Å². The molecule has 8 aromatic rings. The summed E-state index contributed by atoms with van der Waals surface area (Å²) in [6.45, 7) is 8.14. The third-order valence-electron chi connectivity index (χ3n) is 13.0. The minimum absolute atomic E-state index is 0.0751. The number of ether oxygens (including phenoxy) is 10. The van der Waals surface area contributed by atoms with Crippen molar-refractivity contribution in [1.82, 2.24) is 0 Å². The number of fused-ring (bicyclic) bond motifs is 7. The second kappa shape index (κ2) is 27.0. The number of benzene rings is 8. The van der Waals surface area contributed by atoms with Gasteiger partial charge in [0.25, 0.3) is 0 Å². The molecule has 81 heavy (non-hydrogen) atoms. The monoisotopic (exact) mass is 1090 g/mol. The first kappa shape index (κ1) is 55.7. The number of rotatable bonds is 24. The molecule has 0 unspecified atom stereocenters. The van der Waals surface area contributed by atoms with Crippen molar-refractivity contribution in [3.8, 4) is 57.1 Å². The molecule has 9 rings (SSSR count). The highest BCUT2D eigenvalue weighted by atomic mass is 16.7. The van der Waals surface area contributed by atoms with Crippen LogP contribution in [0.2, 0.25) is 0 Å². The Morgan fingerprint density at radius 2 is 0.840 bits per heavy atom. The molecule has 0 aromatic heterocycles. The normalized spacial score (nSPS) is 11.6. The lowest BCUT2D eigenvalue weighted by molar-refractivity contribution is -0.138. The van der Waals surface area contributed by atoms with E-state index in [-0.39, 0.29) is 20.0 Å². The van der Waals surface area contributed by atoms with Gasteiger partial charge in [0.05, 0.1) is 51.8 Å². The molecule has 8 aromatic carbocycles. The Balaban J connectivity index is 0.815. The molecule has 0 fully saturated rings. The molecule has 1 aliphatic heterocycles. The Labute approximate surface area is 468 Å². The summed E-state index contributed by atoms with van der Waals surface area (Å²) in [6, 6.07) is 45.0. The van der Waals surface area contributed by atoms with Crippen molar-refractivity contribution in [2.45, 2.75) is 25.7 Å². The first-order valence-corrected chi connectivity index (χ1v) is 26.2. The largest absolute Gasteiger partial charge is 0.493 e. The molecule has 0 saturated heterocycles. The molecular weight excluding hydrogens is 1030 g/mol. The van der Waals surface area contributed by atoms with Gasteiger partial charge in [-0.15, -0.1) is 0 Å². The molecule has 0 bridgehead atoms. The van der Waals surface area contributed by atoms with Crippen molar-refractivity contribution in [2.75, 3.05) is 47.4 Å². The van der Waals surface area contributed by atoms with Crippen molar-refractivity contribution in [2.24, 2.45) is 0 Å². The number of esters is 4. The SMILES string of the molecule is C=CC(=O)OCCCCOc1ccc(C(=O)Oc2ccc(/C=C\c3ccc4c5c(ccc4c3)OCOc3ccc4cc(/C=C\c6ccc(OC(=O)c7ccc(OCCCCOC(=O)C=C)c(OC)c7)cc6)ccc4c3-5)cc2)cc1OC. The average Bonchev–Trinajstić information content (AvgIpc) is 3.99. The van der Waals surface area contributed by atoms with Gasteiger partial charge in [0.15, 0.2) is 23.0 Å². The van der Waals surface area contributed by atoms with Crippen LogP contribution >= 0.6 is 0 Å². The van der Waals surface area contributed by atoms with Crippen LogP contribution in [0.25, 0.3) is 57.0 Å². The predicted molar refractivity (Wildman–Crippen MR) is 311 cm³/mol. The molecule has 0 radical (unpaired) electrons. The van der Waals surface area contributed by atoms with Gasteiger partial charge in [0, 0.05) is 23.3 Å². The second-order valence-corrected chi connectivity index (χ2v) is 18.4.